The SMILES string of the molecule is CCOc1cc(/C=N/NC(=O)c2ccc(-n3c(C)ccc3-c3ccccc3)cc2)cc(I)c1OCc1cccc(C(=O)O)c1. The number of hydrogen-bond acceptors (Lipinski definition) is 5. The predicted molar refractivity (Wildman–Crippen MR) is 179 cm³/mol. The van der Waals surface area contributed by atoms with Gasteiger partial charge in [-0.25, -0.2) is 10.2 Å². The zero-order valence-corrected chi connectivity index (χ0v) is 26.3. The number of hydrazone groups is 1. The number of halogens is 1. The van der Waals surface area contributed by atoms with E-state index in [1.165, 1.54) is 6.07 Å². The molecule has 0 atom stereocenters. The van der Waals surface area contributed by atoms with Crippen LogP contribution in [0.1, 0.15) is 44.5 Å². The summed E-state index contributed by atoms with van der Waals surface area (Å²) in [6.45, 7) is 4.53. The number of ether oxygens (including phenoxy) is 2. The lowest BCUT2D eigenvalue weighted by molar-refractivity contribution is 0.0696. The van der Waals surface area contributed by atoms with E-state index in [1.807, 2.05) is 43.3 Å². The van der Waals surface area contributed by atoms with Gasteiger partial charge >= 0.3 is 5.97 Å². The van der Waals surface area contributed by atoms with Crippen molar-refractivity contribution in [2.75, 3.05) is 6.61 Å². The average molecular weight is 700 g/mol. The Hall–Kier alpha value is -4.90. The van der Waals surface area contributed by atoms with E-state index in [2.05, 4.69) is 68.9 Å². The average Bonchev–Trinajstić information content (AvgIpc) is 3.42. The molecule has 1 amide bonds. The highest BCUT2D eigenvalue weighted by atomic mass is 127. The third-order valence-electron chi connectivity index (χ3n) is 6.80. The molecule has 0 aliphatic rings. The van der Waals surface area contributed by atoms with Gasteiger partial charge in [-0.1, -0.05) is 42.5 Å². The molecule has 0 saturated carbocycles. The molecule has 0 radical (unpaired) electrons. The van der Waals surface area contributed by atoms with Crippen LogP contribution in [0, 0.1) is 10.5 Å². The fraction of sp³-hybridized carbons (Fsp3) is 0.114. The number of carboxylic acid groups (broad SMARTS) is 1. The molecule has 9 heteroatoms. The van der Waals surface area contributed by atoms with Crippen molar-refractivity contribution in [3.8, 4) is 28.4 Å². The highest BCUT2D eigenvalue weighted by molar-refractivity contribution is 14.1. The first kappa shape index (κ1) is 30.6. The Morgan fingerprint density at radius 2 is 1.68 bits per heavy atom. The van der Waals surface area contributed by atoms with Gasteiger partial charge in [0.25, 0.3) is 5.91 Å². The van der Waals surface area contributed by atoms with Crippen LogP contribution in [0.5, 0.6) is 11.5 Å². The summed E-state index contributed by atoms with van der Waals surface area (Å²) in [4.78, 5) is 24.1. The Kier molecular flexibility index (Phi) is 9.75. The van der Waals surface area contributed by atoms with Gasteiger partial charge in [-0.05, 0) is 114 Å². The largest absolute Gasteiger partial charge is 0.490 e. The molecule has 5 rings (SSSR count). The van der Waals surface area contributed by atoms with E-state index in [0.29, 0.717) is 29.2 Å². The summed E-state index contributed by atoms with van der Waals surface area (Å²) >= 11 is 2.15. The topological polar surface area (TPSA) is 102 Å². The number of rotatable bonds is 11. The second-order valence-corrected chi connectivity index (χ2v) is 11.0. The molecule has 0 unspecified atom stereocenters. The monoisotopic (exact) mass is 699 g/mol. The fourth-order valence-corrected chi connectivity index (χ4v) is 5.50. The van der Waals surface area contributed by atoms with Crippen LogP contribution >= 0.6 is 22.6 Å². The van der Waals surface area contributed by atoms with Crippen LogP contribution in [0.3, 0.4) is 0 Å². The number of carboxylic acids is 1. The zero-order chi connectivity index (χ0) is 31.1. The number of nitrogens with zero attached hydrogens (tertiary/aromatic N) is 2. The van der Waals surface area contributed by atoms with E-state index in [4.69, 9.17) is 9.47 Å². The minimum Gasteiger partial charge on any atom is -0.490 e. The molecule has 1 heterocycles. The third-order valence-corrected chi connectivity index (χ3v) is 7.60. The van der Waals surface area contributed by atoms with Gasteiger partial charge in [0.15, 0.2) is 11.5 Å². The van der Waals surface area contributed by atoms with E-state index < -0.39 is 5.97 Å². The molecule has 1 aromatic heterocycles. The summed E-state index contributed by atoms with van der Waals surface area (Å²) in [5.41, 5.74) is 8.97. The van der Waals surface area contributed by atoms with Crippen molar-refractivity contribution in [3.63, 3.8) is 0 Å². The Morgan fingerprint density at radius 3 is 2.41 bits per heavy atom. The predicted octanol–water partition coefficient (Wildman–Crippen LogP) is 7.50. The highest BCUT2D eigenvalue weighted by Crippen LogP contribution is 2.34. The molecule has 4 aromatic carbocycles. The van der Waals surface area contributed by atoms with Crippen LogP contribution in [0.4, 0.5) is 0 Å². The molecule has 0 aliphatic carbocycles. The number of carbonyl (C=O) groups excluding carboxylic acids is 1. The third kappa shape index (κ3) is 7.17. The van der Waals surface area contributed by atoms with E-state index in [0.717, 1.165) is 31.8 Å². The summed E-state index contributed by atoms with van der Waals surface area (Å²) < 4.78 is 14.8. The Bertz CT molecular complexity index is 1810. The van der Waals surface area contributed by atoms with Crippen molar-refractivity contribution in [2.24, 2.45) is 5.10 Å². The maximum atomic E-state index is 12.8. The summed E-state index contributed by atoms with van der Waals surface area (Å²) in [5, 5.41) is 13.4. The van der Waals surface area contributed by atoms with Gasteiger partial charge in [0.1, 0.15) is 6.61 Å². The molecular weight excluding hydrogens is 669 g/mol. The number of aryl methyl sites for hydroxylation is 1. The van der Waals surface area contributed by atoms with Gasteiger partial charge in [-0.15, -0.1) is 0 Å². The van der Waals surface area contributed by atoms with E-state index in [-0.39, 0.29) is 18.1 Å². The van der Waals surface area contributed by atoms with E-state index in [1.54, 1.807) is 42.6 Å². The van der Waals surface area contributed by atoms with Gasteiger partial charge in [0.05, 0.1) is 27.6 Å². The molecule has 8 nitrogen and oxygen atoms in total. The van der Waals surface area contributed by atoms with Crippen molar-refractivity contribution >= 4 is 40.7 Å². The van der Waals surface area contributed by atoms with E-state index >= 15 is 0 Å². The molecule has 0 aliphatic heterocycles. The van der Waals surface area contributed by atoms with Crippen molar-refractivity contribution < 1.29 is 24.2 Å². The normalized spacial score (nSPS) is 11.0. The maximum absolute atomic E-state index is 12.8. The van der Waals surface area contributed by atoms with Crippen molar-refractivity contribution in [1.82, 2.24) is 9.99 Å². The Labute approximate surface area is 269 Å². The maximum Gasteiger partial charge on any atom is 0.335 e. The molecule has 2 N–H and O–H groups in total. The lowest BCUT2D eigenvalue weighted by Crippen LogP contribution is -2.17. The Morgan fingerprint density at radius 1 is 0.909 bits per heavy atom. The van der Waals surface area contributed by atoms with Crippen LogP contribution in [0.25, 0.3) is 16.9 Å². The van der Waals surface area contributed by atoms with Gasteiger partial charge in [0.2, 0.25) is 0 Å². The number of nitrogens with one attached hydrogen (secondary N) is 1. The number of carbonyl (C=O) groups is 2. The van der Waals surface area contributed by atoms with Crippen LogP contribution < -0.4 is 14.9 Å². The standard InChI is InChI=1S/C35H30IN3O5/c1-3-43-32-20-25(19-30(36)33(32)44-22-24-8-7-11-28(18-24)35(41)42)21-37-38-34(40)27-13-15-29(16-14-27)39-23(2)12-17-31(39)26-9-5-4-6-10-26/h4-21H,3,22H2,1-2H3,(H,38,40)(H,41,42)/b37-21+. The molecule has 222 valence electrons. The van der Waals surface area contributed by atoms with Gasteiger partial charge in [-0.3, -0.25) is 4.79 Å². The van der Waals surface area contributed by atoms with E-state index in [9.17, 15) is 14.7 Å². The van der Waals surface area contributed by atoms with Crippen LogP contribution in [-0.4, -0.2) is 34.4 Å². The molecule has 5 aromatic rings. The zero-order valence-electron chi connectivity index (χ0n) is 24.2. The number of aromatic carboxylic acids is 1. The smallest absolute Gasteiger partial charge is 0.335 e. The molecular formula is C35H30IN3O5. The van der Waals surface area contributed by atoms with Crippen molar-refractivity contribution in [2.45, 2.75) is 20.5 Å². The number of benzene rings is 4. The molecule has 44 heavy (non-hydrogen) atoms. The summed E-state index contributed by atoms with van der Waals surface area (Å²) in [7, 11) is 0. The summed E-state index contributed by atoms with van der Waals surface area (Å²) in [6.07, 6.45) is 1.55. The first-order valence-corrected chi connectivity index (χ1v) is 15.0. The minimum absolute atomic E-state index is 0.178. The number of aromatic nitrogens is 1. The van der Waals surface area contributed by atoms with Crippen molar-refractivity contribution in [3.05, 3.63) is 135 Å². The van der Waals surface area contributed by atoms with Crippen molar-refractivity contribution in [1.29, 1.82) is 0 Å². The van der Waals surface area contributed by atoms with Gasteiger partial charge in [-0.2, -0.15) is 5.10 Å². The molecule has 0 spiro atoms. The Balaban J connectivity index is 1.26. The van der Waals surface area contributed by atoms with Crippen LogP contribution in [0.2, 0.25) is 0 Å². The lowest BCUT2D eigenvalue weighted by atomic mass is 10.1. The summed E-state index contributed by atoms with van der Waals surface area (Å²) in [6, 6.07) is 32.0. The quantitative estimate of drug-likeness (QED) is 0.0845. The van der Waals surface area contributed by atoms with Gasteiger partial charge < -0.3 is 19.1 Å². The fourth-order valence-electron chi connectivity index (χ4n) is 4.72. The number of hydrogen-bond donors (Lipinski definition) is 2. The van der Waals surface area contributed by atoms with Crippen LogP contribution in [0.15, 0.2) is 108 Å². The number of amides is 1. The first-order valence-electron chi connectivity index (χ1n) is 13.9. The minimum atomic E-state index is -0.992. The first-order chi connectivity index (χ1) is 21.3. The lowest BCUT2D eigenvalue weighted by Gasteiger charge is -2.15. The summed E-state index contributed by atoms with van der Waals surface area (Å²) in [5.74, 6) is -0.257. The molecule has 0 fully saturated rings. The highest BCUT2D eigenvalue weighted by Gasteiger charge is 2.14. The van der Waals surface area contributed by atoms with Crippen LogP contribution in [-0.2, 0) is 6.61 Å². The second-order valence-electron chi connectivity index (χ2n) is 9.86. The molecule has 0 saturated heterocycles. The second kappa shape index (κ2) is 14.0. The van der Waals surface area contributed by atoms with Gasteiger partial charge in [0, 0.05) is 16.9 Å². The molecule has 0 bridgehead atoms.